The third kappa shape index (κ3) is 4.70. The Labute approximate surface area is 182 Å². The lowest BCUT2D eigenvalue weighted by molar-refractivity contribution is -0.140. The van der Waals surface area contributed by atoms with Gasteiger partial charge in [-0.05, 0) is 55.0 Å². The first-order chi connectivity index (χ1) is 15.5. The molecule has 3 heterocycles. The molecule has 0 radical (unpaired) electrons. The summed E-state index contributed by atoms with van der Waals surface area (Å²) in [4.78, 5) is 35.7. The van der Waals surface area contributed by atoms with Crippen LogP contribution in [0.25, 0.3) is 17.1 Å². The van der Waals surface area contributed by atoms with Crippen LogP contribution in [0.2, 0.25) is 0 Å². The predicted octanol–water partition coefficient (Wildman–Crippen LogP) is 4.72. The van der Waals surface area contributed by atoms with E-state index in [0.717, 1.165) is 6.08 Å². The Kier molecular flexibility index (Phi) is 6.03. The van der Waals surface area contributed by atoms with Gasteiger partial charge in [0.1, 0.15) is 11.4 Å². The molecule has 7 nitrogen and oxygen atoms in total. The van der Waals surface area contributed by atoms with E-state index >= 15 is 0 Å². The van der Waals surface area contributed by atoms with E-state index in [9.17, 15) is 14.0 Å². The fourth-order valence-corrected chi connectivity index (χ4v) is 3.05. The van der Waals surface area contributed by atoms with Gasteiger partial charge >= 0.3 is 5.97 Å². The van der Waals surface area contributed by atoms with Crippen LogP contribution >= 0.6 is 0 Å². The predicted molar refractivity (Wildman–Crippen MR) is 116 cm³/mol. The summed E-state index contributed by atoms with van der Waals surface area (Å²) >= 11 is 0. The number of halogens is 1. The number of ether oxygens (including phenoxy) is 2. The van der Waals surface area contributed by atoms with Crippen molar-refractivity contribution >= 4 is 28.9 Å². The average Bonchev–Trinajstić information content (AvgIpc) is 3.23. The van der Waals surface area contributed by atoms with Crippen LogP contribution in [-0.2, 0) is 9.53 Å². The quantitative estimate of drug-likeness (QED) is 0.259. The van der Waals surface area contributed by atoms with E-state index in [1.54, 1.807) is 42.7 Å². The number of ketones is 1. The minimum absolute atomic E-state index is 0.0326. The Bertz CT molecular complexity index is 1300. The lowest BCUT2D eigenvalue weighted by Gasteiger charge is -2.10. The van der Waals surface area contributed by atoms with Crippen molar-refractivity contribution in [2.75, 3.05) is 0 Å². The second kappa shape index (κ2) is 9.22. The highest BCUT2D eigenvalue weighted by Gasteiger charge is 2.21. The smallest absolute Gasteiger partial charge is 0.331 e. The maximum atomic E-state index is 14.3. The molecule has 0 aliphatic carbocycles. The lowest BCUT2D eigenvalue weighted by atomic mass is 10.1. The van der Waals surface area contributed by atoms with Gasteiger partial charge in [0.2, 0.25) is 5.78 Å². The SMILES string of the molecule is CC(OC(=O)/C=C/c1ccc(Oc2cccnc2)c(F)c1)C(=O)c1c[nH]c2ncccc12. The highest BCUT2D eigenvalue weighted by molar-refractivity contribution is 6.09. The zero-order valence-corrected chi connectivity index (χ0v) is 17.0. The van der Waals surface area contributed by atoms with Crippen LogP contribution in [-0.4, -0.2) is 32.8 Å². The fraction of sp³-hybridized carbons (Fsp3) is 0.0833. The molecule has 0 amide bonds. The van der Waals surface area contributed by atoms with Crippen molar-refractivity contribution in [3.8, 4) is 11.5 Å². The van der Waals surface area contributed by atoms with Crippen LogP contribution in [0, 0.1) is 5.82 Å². The van der Waals surface area contributed by atoms with E-state index in [1.807, 2.05) is 0 Å². The highest BCUT2D eigenvalue weighted by atomic mass is 19.1. The number of carbonyl (C=O) groups excluding carboxylic acids is 2. The molecule has 4 rings (SSSR count). The van der Waals surface area contributed by atoms with E-state index < -0.39 is 17.9 Å². The molecule has 0 spiro atoms. The second-order valence-corrected chi connectivity index (χ2v) is 6.86. The summed E-state index contributed by atoms with van der Waals surface area (Å²) in [5.74, 6) is -1.23. The monoisotopic (exact) mass is 431 g/mol. The highest BCUT2D eigenvalue weighted by Crippen LogP contribution is 2.25. The van der Waals surface area contributed by atoms with Crippen molar-refractivity contribution in [1.29, 1.82) is 0 Å². The summed E-state index contributed by atoms with van der Waals surface area (Å²) < 4.78 is 25.0. The minimum atomic E-state index is -1.00. The maximum absolute atomic E-state index is 14.3. The molecule has 0 saturated heterocycles. The summed E-state index contributed by atoms with van der Waals surface area (Å²) in [5.41, 5.74) is 1.40. The van der Waals surface area contributed by atoms with Crippen LogP contribution in [0.5, 0.6) is 11.5 Å². The molecule has 0 aliphatic heterocycles. The van der Waals surface area contributed by atoms with Crippen LogP contribution in [0.4, 0.5) is 4.39 Å². The average molecular weight is 431 g/mol. The zero-order valence-electron chi connectivity index (χ0n) is 17.0. The second-order valence-electron chi connectivity index (χ2n) is 6.86. The molecular weight excluding hydrogens is 413 g/mol. The number of H-pyrrole nitrogens is 1. The molecule has 0 bridgehead atoms. The standard InChI is InChI=1S/C24H18FN3O4/c1-15(23(30)19-14-28-24-18(19)5-3-11-27-24)31-22(29)9-7-16-6-8-21(20(25)12-16)32-17-4-2-10-26-13-17/h2-15H,1H3,(H,27,28)/b9-7+. The van der Waals surface area contributed by atoms with E-state index in [2.05, 4.69) is 15.0 Å². The lowest BCUT2D eigenvalue weighted by Crippen LogP contribution is -2.23. The summed E-state index contributed by atoms with van der Waals surface area (Å²) in [5, 5.41) is 0.653. The Morgan fingerprint density at radius 3 is 2.78 bits per heavy atom. The summed E-state index contributed by atoms with van der Waals surface area (Å²) in [6.07, 6.45) is 7.74. The number of rotatable bonds is 7. The van der Waals surface area contributed by atoms with E-state index in [0.29, 0.717) is 27.9 Å². The molecule has 4 aromatic rings. The molecule has 1 N–H and O–H groups in total. The van der Waals surface area contributed by atoms with E-state index in [4.69, 9.17) is 9.47 Å². The van der Waals surface area contributed by atoms with Crippen molar-refractivity contribution in [3.05, 3.63) is 90.3 Å². The first-order valence-corrected chi connectivity index (χ1v) is 9.73. The Morgan fingerprint density at radius 2 is 2.00 bits per heavy atom. The van der Waals surface area contributed by atoms with E-state index in [1.165, 1.54) is 37.5 Å². The number of aromatic nitrogens is 3. The molecular formula is C24H18FN3O4. The van der Waals surface area contributed by atoms with Gasteiger partial charge in [0, 0.05) is 35.6 Å². The van der Waals surface area contributed by atoms with Crippen LogP contribution in [0.3, 0.4) is 0 Å². The molecule has 1 aromatic carbocycles. The number of Topliss-reactive ketones (excluding diaryl/α,β-unsaturated/α-hetero) is 1. The molecule has 1 unspecified atom stereocenters. The van der Waals surface area contributed by atoms with Crippen molar-refractivity contribution in [1.82, 2.24) is 15.0 Å². The first kappa shape index (κ1) is 20.9. The van der Waals surface area contributed by atoms with Gasteiger partial charge in [0.05, 0.1) is 6.20 Å². The molecule has 0 saturated carbocycles. The van der Waals surface area contributed by atoms with Crippen molar-refractivity contribution in [3.63, 3.8) is 0 Å². The third-order valence-corrected chi connectivity index (χ3v) is 4.61. The zero-order chi connectivity index (χ0) is 22.5. The van der Waals surface area contributed by atoms with Gasteiger partial charge in [-0.15, -0.1) is 0 Å². The molecule has 3 aromatic heterocycles. The number of pyridine rings is 2. The Balaban J connectivity index is 1.38. The van der Waals surface area contributed by atoms with E-state index in [-0.39, 0.29) is 11.5 Å². The van der Waals surface area contributed by atoms with Gasteiger partial charge in [-0.1, -0.05) is 6.07 Å². The largest absolute Gasteiger partial charge is 0.453 e. The Hall–Kier alpha value is -4.33. The normalized spacial score (nSPS) is 12.1. The van der Waals surface area contributed by atoms with Gasteiger partial charge < -0.3 is 14.5 Å². The maximum Gasteiger partial charge on any atom is 0.331 e. The molecule has 0 aliphatic rings. The number of carbonyl (C=O) groups is 2. The van der Waals surface area contributed by atoms with Gasteiger partial charge in [-0.2, -0.15) is 0 Å². The summed E-state index contributed by atoms with van der Waals surface area (Å²) in [6.45, 7) is 1.49. The third-order valence-electron chi connectivity index (χ3n) is 4.61. The van der Waals surface area contributed by atoms with Crippen molar-refractivity contribution in [2.45, 2.75) is 13.0 Å². The van der Waals surface area contributed by atoms with Gasteiger partial charge in [-0.3, -0.25) is 9.78 Å². The number of benzene rings is 1. The molecule has 1 atom stereocenters. The van der Waals surface area contributed by atoms with Gasteiger partial charge in [0.15, 0.2) is 17.7 Å². The first-order valence-electron chi connectivity index (χ1n) is 9.73. The van der Waals surface area contributed by atoms with Crippen LogP contribution in [0.15, 0.2) is 73.3 Å². The molecule has 0 fully saturated rings. The minimum Gasteiger partial charge on any atom is -0.453 e. The summed E-state index contributed by atoms with van der Waals surface area (Å²) in [6, 6.07) is 11.1. The van der Waals surface area contributed by atoms with Crippen molar-refractivity contribution < 1.29 is 23.5 Å². The summed E-state index contributed by atoms with van der Waals surface area (Å²) in [7, 11) is 0. The Morgan fingerprint density at radius 1 is 1.16 bits per heavy atom. The number of nitrogens with zero attached hydrogens (tertiary/aromatic N) is 2. The van der Waals surface area contributed by atoms with Gasteiger partial charge in [0.25, 0.3) is 0 Å². The molecule has 32 heavy (non-hydrogen) atoms. The topological polar surface area (TPSA) is 94.2 Å². The number of esters is 1. The number of hydrogen-bond donors (Lipinski definition) is 1. The van der Waals surface area contributed by atoms with Crippen LogP contribution in [0.1, 0.15) is 22.8 Å². The molecule has 160 valence electrons. The fourth-order valence-electron chi connectivity index (χ4n) is 3.05. The van der Waals surface area contributed by atoms with Crippen molar-refractivity contribution in [2.24, 2.45) is 0 Å². The number of fused-ring (bicyclic) bond motifs is 1. The van der Waals surface area contributed by atoms with Crippen LogP contribution < -0.4 is 4.74 Å². The number of hydrogen-bond acceptors (Lipinski definition) is 6. The van der Waals surface area contributed by atoms with Gasteiger partial charge in [-0.25, -0.2) is 14.2 Å². The number of aromatic amines is 1. The molecule has 8 heteroatoms. The number of nitrogens with one attached hydrogen (secondary N) is 1.